The second-order valence-electron chi connectivity index (χ2n) is 6.69. The molecule has 2 N–H and O–H groups in total. The Labute approximate surface area is 170 Å². The van der Waals surface area contributed by atoms with Gasteiger partial charge in [-0.1, -0.05) is 13.0 Å². The molecule has 0 unspecified atom stereocenters. The molecule has 160 valence electrons. The van der Waals surface area contributed by atoms with Gasteiger partial charge in [-0.2, -0.15) is 13.2 Å². The fraction of sp³-hybridized carbons (Fsp3) is 0.286. The summed E-state index contributed by atoms with van der Waals surface area (Å²) < 4.78 is 60.2. The summed E-state index contributed by atoms with van der Waals surface area (Å²) in [6.07, 6.45) is -2.81. The van der Waals surface area contributed by atoms with Crippen LogP contribution in [0.15, 0.2) is 41.4 Å². The number of alkyl halides is 3. The van der Waals surface area contributed by atoms with Crippen molar-refractivity contribution in [3.63, 3.8) is 0 Å². The predicted octanol–water partition coefficient (Wildman–Crippen LogP) is 5.60. The van der Waals surface area contributed by atoms with Crippen LogP contribution in [0.5, 0.6) is 5.88 Å². The van der Waals surface area contributed by atoms with Crippen molar-refractivity contribution < 1.29 is 27.4 Å². The van der Waals surface area contributed by atoms with E-state index in [9.17, 15) is 22.7 Å². The summed E-state index contributed by atoms with van der Waals surface area (Å²) in [6, 6.07) is 7.96. The van der Waals surface area contributed by atoms with Gasteiger partial charge in [0.25, 0.3) is 0 Å². The summed E-state index contributed by atoms with van der Waals surface area (Å²) in [5, 5.41) is 10.2. The maximum atomic E-state index is 14.1. The summed E-state index contributed by atoms with van der Waals surface area (Å²) in [5.41, 5.74) is -0.420. The molecule has 0 atom stereocenters. The van der Waals surface area contributed by atoms with Crippen LogP contribution in [0.1, 0.15) is 24.5 Å². The van der Waals surface area contributed by atoms with Gasteiger partial charge >= 0.3 is 6.18 Å². The molecular weight excluding hydrogens is 402 g/mol. The minimum absolute atomic E-state index is 0.00821. The van der Waals surface area contributed by atoms with Crippen molar-refractivity contribution >= 4 is 28.5 Å². The van der Waals surface area contributed by atoms with Gasteiger partial charge in [0, 0.05) is 25.3 Å². The minimum atomic E-state index is -4.60. The van der Waals surface area contributed by atoms with Gasteiger partial charge in [0.05, 0.1) is 28.0 Å². The van der Waals surface area contributed by atoms with E-state index in [-0.39, 0.29) is 34.9 Å². The number of nitrogens with zero attached hydrogens (tertiary/aromatic N) is 2. The van der Waals surface area contributed by atoms with E-state index in [0.29, 0.717) is 18.5 Å². The van der Waals surface area contributed by atoms with Crippen LogP contribution in [-0.2, 0) is 10.9 Å². The van der Waals surface area contributed by atoms with Crippen LogP contribution >= 0.6 is 0 Å². The van der Waals surface area contributed by atoms with Gasteiger partial charge in [-0.05, 0) is 36.8 Å². The molecule has 0 bridgehead atoms. The molecule has 5 nitrogen and oxygen atoms in total. The fourth-order valence-corrected chi connectivity index (χ4v) is 3.27. The number of benzene rings is 2. The predicted molar refractivity (Wildman–Crippen MR) is 108 cm³/mol. The smallest absolute Gasteiger partial charge is 0.418 e. The number of halogens is 4. The Morgan fingerprint density at radius 2 is 2.00 bits per heavy atom. The molecule has 1 heterocycles. The zero-order valence-corrected chi connectivity index (χ0v) is 16.4. The lowest BCUT2D eigenvalue weighted by atomic mass is 10.1. The highest BCUT2D eigenvalue weighted by Gasteiger charge is 2.35. The van der Waals surface area contributed by atoms with Crippen molar-refractivity contribution in [1.82, 2.24) is 4.98 Å². The molecule has 1 aromatic heterocycles. The fourth-order valence-electron chi connectivity index (χ4n) is 3.27. The Kier molecular flexibility index (Phi) is 6.31. The third-order valence-corrected chi connectivity index (χ3v) is 4.54. The summed E-state index contributed by atoms with van der Waals surface area (Å²) >= 11 is 0. The Hall–Kier alpha value is -3.07. The van der Waals surface area contributed by atoms with Crippen molar-refractivity contribution in [2.24, 2.45) is 4.99 Å². The lowest BCUT2D eigenvalue weighted by Gasteiger charge is -2.26. The molecule has 0 aliphatic rings. The van der Waals surface area contributed by atoms with E-state index in [1.165, 1.54) is 36.3 Å². The molecule has 30 heavy (non-hydrogen) atoms. The van der Waals surface area contributed by atoms with Crippen molar-refractivity contribution in [2.75, 3.05) is 25.3 Å². The quantitative estimate of drug-likeness (QED) is 0.295. The number of H-pyrrole nitrogens is 1. The molecule has 0 spiro atoms. The van der Waals surface area contributed by atoms with Crippen molar-refractivity contribution in [1.29, 1.82) is 0 Å². The summed E-state index contributed by atoms with van der Waals surface area (Å²) in [5.74, 6) is -0.896. The highest BCUT2D eigenvalue weighted by molar-refractivity contribution is 6.02. The summed E-state index contributed by atoms with van der Waals surface area (Å²) in [6.45, 7) is 2.27. The van der Waals surface area contributed by atoms with Crippen LogP contribution in [0, 0.1) is 5.82 Å². The van der Waals surface area contributed by atoms with E-state index in [1.807, 2.05) is 6.92 Å². The van der Waals surface area contributed by atoms with Gasteiger partial charge in [-0.25, -0.2) is 4.39 Å². The number of fused-ring (bicyclic) bond motifs is 1. The van der Waals surface area contributed by atoms with E-state index >= 15 is 0 Å². The Balaban J connectivity index is 2.03. The zero-order chi connectivity index (χ0) is 21.9. The molecule has 0 aliphatic carbocycles. The van der Waals surface area contributed by atoms with E-state index < -0.39 is 17.6 Å². The molecule has 0 aliphatic heterocycles. The molecule has 0 saturated carbocycles. The average Bonchev–Trinajstić information content (AvgIpc) is 3.02. The maximum Gasteiger partial charge on any atom is 0.418 e. The van der Waals surface area contributed by atoms with E-state index in [2.05, 4.69) is 9.98 Å². The number of aliphatic imine (C=N–C) groups is 1. The lowest BCUT2D eigenvalue weighted by Crippen LogP contribution is -2.28. The first-order valence-electron chi connectivity index (χ1n) is 9.24. The number of nitrogens with one attached hydrogen (secondary N) is 1. The second-order valence-corrected chi connectivity index (χ2v) is 6.69. The number of aromatic hydroxyl groups is 1. The molecule has 9 heteroatoms. The summed E-state index contributed by atoms with van der Waals surface area (Å²) in [4.78, 5) is 8.16. The molecule has 0 saturated heterocycles. The molecule has 3 rings (SSSR count). The summed E-state index contributed by atoms with van der Waals surface area (Å²) in [7, 11) is 1.42. The van der Waals surface area contributed by atoms with Crippen LogP contribution in [0.3, 0.4) is 0 Å². The molecular formula is C21H21F4N3O2. The Bertz CT molecular complexity index is 1050. The van der Waals surface area contributed by atoms with Gasteiger partial charge in [-0.15, -0.1) is 0 Å². The number of ether oxygens (including phenoxy) is 1. The topological polar surface area (TPSA) is 60.9 Å². The normalized spacial score (nSPS) is 12.2. The first-order valence-corrected chi connectivity index (χ1v) is 9.24. The first-order chi connectivity index (χ1) is 14.3. The third kappa shape index (κ3) is 4.40. The number of rotatable bonds is 7. The van der Waals surface area contributed by atoms with Gasteiger partial charge < -0.3 is 19.7 Å². The van der Waals surface area contributed by atoms with Gasteiger partial charge in [0.15, 0.2) is 5.88 Å². The number of hydrogen-bond acceptors (Lipinski definition) is 4. The largest absolute Gasteiger partial charge is 0.494 e. The number of hydrogen-bond donors (Lipinski definition) is 2. The molecule has 0 amide bonds. The van der Waals surface area contributed by atoms with Crippen LogP contribution in [0.25, 0.3) is 10.9 Å². The highest BCUT2D eigenvalue weighted by Crippen LogP contribution is 2.39. The van der Waals surface area contributed by atoms with Crippen molar-refractivity contribution in [3.05, 3.63) is 53.3 Å². The highest BCUT2D eigenvalue weighted by atomic mass is 19.4. The van der Waals surface area contributed by atoms with Gasteiger partial charge in [-0.3, -0.25) is 4.99 Å². The number of methoxy groups -OCH3 is 1. The van der Waals surface area contributed by atoms with Crippen LogP contribution in [0.2, 0.25) is 0 Å². The van der Waals surface area contributed by atoms with E-state index in [1.54, 1.807) is 6.07 Å². The van der Waals surface area contributed by atoms with Gasteiger partial charge in [0.1, 0.15) is 12.5 Å². The Morgan fingerprint density at radius 1 is 1.23 bits per heavy atom. The van der Waals surface area contributed by atoms with Crippen molar-refractivity contribution in [2.45, 2.75) is 19.5 Å². The molecule has 3 aromatic rings. The van der Waals surface area contributed by atoms with Crippen LogP contribution < -0.4 is 4.90 Å². The molecule has 0 radical (unpaired) electrons. The standard InChI is InChI=1S/C21H21F4N3O2/c1-3-9-28(12-30-2)18-8-7-13(10-15(18)21(23,24)25)26-11-14-19-16(22)5-4-6-17(19)27-20(14)29/h4-8,10-11,27,29H,3,9,12H2,1-2H3. The van der Waals surface area contributed by atoms with Crippen molar-refractivity contribution in [3.8, 4) is 5.88 Å². The minimum Gasteiger partial charge on any atom is -0.494 e. The second kappa shape index (κ2) is 8.74. The maximum absolute atomic E-state index is 14.1. The zero-order valence-electron chi connectivity index (χ0n) is 16.4. The number of aromatic amines is 1. The van der Waals surface area contributed by atoms with Crippen LogP contribution in [-0.4, -0.2) is 36.7 Å². The third-order valence-electron chi connectivity index (χ3n) is 4.54. The Morgan fingerprint density at radius 3 is 2.67 bits per heavy atom. The van der Waals surface area contributed by atoms with Gasteiger partial charge in [0.2, 0.25) is 0 Å². The van der Waals surface area contributed by atoms with E-state index in [0.717, 1.165) is 12.3 Å². The SMILES string of the molecule is CCCN(COC)c1ccc(N=Cc2c(O)[nH]c3cccc(F)c23)cc1C(F)(F)F. The number of aromatic nitrogens is 1. The number of anilines is 1. The molecule has 0 fully saturated rings. The molecule has 2 aromatic carbocycles. The average molecular weight is 423 g/mol. The lowest BCUT2D eigenvalue weighted by molar-refractivity contribution is -0.137. The monoisotopic (exact) mass is 423 g/mol. The van der Waals surface area contributed by atoms with E-state index in [4.69, 9.17) is 4.74 Å². The first kappa shape index (κ1) is 21.6. The van der Waals surface area contributed by atoms with Crippen LogP contribution in [0.4, 0.5) is 28.9 Å².